The summed E-state index contributed by atoms with van der Waals surface area (Å²) in [6, 6.07) is 15.5. The molecule has 5 nitrogen and oxygen atoms in total. The molecule has 0 saturated carbocycles. The number of H-pyrrole nitrogens is 1. The first kappa shape index (κ1) is 16.3. The number of hydrogen-bond donors (Lipinski definition) is 1. The van der Waals surface area contributed by atoms with Crippen LogP contribution in [0.2, 0.25) is 0 Å². The van der Waals surface area contributed by atoms with Gasteiger partial charge in [-0.25, -0.2) is 0 Å². The number of aromatic nitrogens is 1. The second-order valence-corrected chi connectivity index (χ2v) is 7.39. The van der Waals surface area contributed by atoms with Crippen LogP contribution in [-0.2, 0) is 11.2 Å². The van der Waals surface area contributed by atoms with Gasteiger partial charge in [-0.1, -0.05) is 18.2 Å². The van der Waals surface area contributed by atoms with E-state index in [1.54, 1.807) is 12.0 Å². The number of anilines is 1. The Hall–Kier alpha value is -2.86. The largest absolute Gasteiger partial charge is 0.497 e. The molecular weight excluding hydrogens is 358 g/mol. The molecule has 0 bridgehead atoms. The summed E-state index contributed by atoms with van der Waals surface area (Å²) in [6.45, 7) is 2.11. The minimum atomic E-state index is -0.263. The fourth-order valence-electron chi connectivity index (χ4n) is 4.33. The van der Waals surface area contributed by atoms with E-state index in [0.717, 1.165) is 22.6 Å². The number of thiocarbonyl (C=S) groups is 1. The van der Waals surface area contributed by atoms with Gasteiger partial charge < -0.3 is 14.6 Å². The number of methoxy groups -OCH3 is 1. The topological polar surface area (TPSA) is 48.6 Å². The molecule has 1 N–H and O–H groups in total. The van der Waals surface area contributed by atoms with Crippen LogP contribution < -0.4 is 9.64 Å². The number of carbonyl (C=O) groups excluding carboxylic acids is 1. The number of fused-ring (bicyclic) bond motifs is 4. The molecule has 27 heavy (non-hydrogen) atoms. The van der Waals surface area contributed by atoms with E-state index in [2.05, 4.69) is 28.9 Å². The Balaban J connectivity index is 1.56. The Morgan fingerprint density at radius 2 is 1.89 bits per heavy atom. The lowest BCUT2D eigenvalue weighted by molar-refractivity contribution is -0.120. The van der Waals surface area contributed by atoms with Crippen molar-refractivity contribution in [3.8, 4) is 5.75 Å². The van der Waals surface area contributed by atoms with Crippen molar-refractivity contribution in [3.63, 3.8) is 0 Å². The number of benzene rings is 2. The van der Waals surface area contributed by atoms with Gasteiger partial charge in [-0.05, 0) is 55.0 Å². The fourth-order valence-corrected chi connectivity index (χ4v) is 4.81. The highest BCUT2D eigenvalue weighted by atomic mass is 32.1. The lowest BCUT2D eigenvalue weighted by Gasteiger charge is -2.34. The van der Waals surface area contributed by atoms with Crippen LogP contribution in [0.25, 0.3) is 10.9 Å². The number of amides is 1. The quantitative estimate of drug-likeness (QED) is 0.690. The number of ether oxygens (including phenoxy) is 1. The average Bonchev–Trinajstić information content (AvgIpc) is 3.18. The zero-order chi connectivity index (χ0) is 18.7. The maximum absolute atomic E-state index is 13.3. The van der Waals surface area contributed by atoms with Crippen molar-refractivity contribution < 1.29 is 9.53 Å². The molecule has 1 fully saturated rings. The minimum Gasteiger partial charge on any atom is -0.497 e. The van der Waals surface area contributed by atoms with Crippen LogP contribution in [0.3, 0.4) is 0 Å². The van der Waals surface area contributed by atoms with Gasteiger partial charge in [-0.15, -0.1) is 0 Å². The van der Waals surface area contributed by atoms with Gasteiger partial charge in [0.2, 0.25) is 0 Å². The predicted molar refractivity (Wildman–Crippen MR) is 109 cm³/mol. The molecule has 0 unspecified atom stereocenters. The first-order valence-corrected chi connectivity index (χ1v) is 9.40. The summed E-state index contributed by atoms with van der Waals surface area (Å²) in [5.74, 6) is 0.789. The van der Waals surface area contributed by atoms with Crippen molar-refractivity contribution in [1.82, 2.24) is 9.88 Å². The van der Waals surface area contributed by atoms with Gasteiger partial charge in [0, 0.05) is 23.0 Å². The van der Waals surface area contributed by atoms with Gasteiger partial charge in [0.25, 0.3) is 5.91 Å². The van der Waals surface area contributed by atoms with Crippen LogP contribution in [0.1, 0.15) is 24.2 Å². The summed E-state index contributed by atoms with van der Waals surface area (Å²) in [5, 5.41) is 1.76. The number of rotatable bonds is 2. The number of hydrogen-bond acceptors (Lipinski definition) is 3. The molecule has 0 aliphatic carbocycles. The molecule has 3 heterocycles. The maximum atomic E-state index is 13.3. The molecule has 0 radical (unpaired) electrons. The Kier molecular flexibility index (Phi) is 3.52. The van der Waals surface area contributed by atoms with Crippen molar-refractivity contribution >= 4 is 39.8 Å². The second kappa shape index (κ2) is 5.82. The standard InChI is InChI=1S/C21H19N3O2S/c1-12-19-16(15-5-3-4-6-17(15)22-19)11-18-20(25)24(21(27)23(12)18)13-7-9-14(26-2)10-8-13/h3-10,12,18,22H,11H2,1-2H3/t12-,18+/m1/s1. The van der Waals surface area contributed by atoms with Crippen molar-refractivity contribution in [2.24, 2.45) is 0 Å². The summed E-state index contributed by atoms with van der Waals surface area (Å²) < 4.78 is 5.22. The van der Waals surface area contributed by atoms with Gasteiger partial charge in [-0.3, -0.25) is 9.69 Å². The average molecular weight is 377 g/mol. The summed E-state index contributed by atoms with van der Waals surface area (Å²) in [6.07, 6.45) is 0.662. The van der Waals surface area contributed by atoms with Crippen LogP contribution >= 0.6 is 12.2 Å². The summed E-state index contributed by atoms with van der Waals surface area (Å²) in [5.41, 5.74) is 4.27. The van der Waals surface area contributed by atoms with Crippen molar-refractivity contribution in [3.05, 3.63) is 59.8 Å². The number of carbonyl (C=O) groups is 1. The molecule has 6 heteroatoms. The van der Waals surface area contributed by atoms with E-state index >= 15 is 0 Å². The SMILES string of the molecule is COc1ccc(N2C(=O)[C@@H]3Cc4c([nH]c5ccccc45)[C@@H](C)N3C2=S)cc1. The molecule has 136 valence electrons. The highest BCUT2D eigenvalue weighted by molar-refractivity contribution is 7.80. The number of nitrogens with zero attached hydrogens (tertiary/aromatic N) is 2. The number of aromatic amines is 1. The lowest BCUT2D eigenvalue weighted by atomic mass is 9.93. The highest BCUT2D eigenvalue weighted by Crippen LogP contribution is 2.41. The molecular formula is C21H19N3O2S. The van der Waals surface area contributed by atoms with Gasteiger partial charge in [0.15, 0.2) is 5.11 Å². The predicted octanol–water partition coefficient (Wildman–Crippen LogP) is 3.80. The van der Waals surface area contributed by atoms with E-state index in [1.165, 1.54) is 10.9 Å². The molecule has 5 rings (SSSR count). The number of para-hydroxylation sites is 1. The fraction of sp³-hybridized carbons (Fsp3) is 0.238. The third kappa shape index (κ3) is 2.23. The molecule has 2 aliphatic rings. The Labute approximate surface area is 162 Å². The first-order valence-electron chi connectivity index (χ1n) is 9.00. The van der Waals surface area contributed by atoms with E-state index in [-0.39, 0.29) is 18.0 Å². The van der Waals surface area contributed by atoms with Crippen molar-refractivity contribution in [1.29, 1.82) is 0 Å². The molecule has 2 aromatic carbocycles. The first-order chi connectivity index (χ1) is 13.1. The molecule has 2 aliphatic heterocycles. The van der Waals surface area contributed by atoms with Crippen LogP contribution in [0.5, 0.6) is 5.75 Å². The van der Waals surface area contributed by atoms with Crippen LogP contribution in [0.15, 0.2) is 48.5 Å². The second-order valence-electron chi connectivity index (χ2n) is 7.02. The van der Waals surface area contributed by atoms with E-state index in [4.69, 9.17) is 17.0 Å². The van der Waals surface area contributed by atoms with E-state index in [0.29, 0.717) is 11.5 Å². The molecule has 1 amide bonds. The lowest BCUT2D eigenvalue weighted by Crippen LogP contribution is -2.42. The van der Waals surface area contributed by atoms with E-state index < -0.39 is 0 Å². The zero-order valence-corrected chi connectivity index (χ0v) is 15.9. The Bertz CT molecular complexity index is 1070. The van der Waals surface area contributed by atoms with Crippen molar-refractivity contribution in [2.75, 3.05) is 12.0 Å². The van der Waals surface area contributed by atoms with Gasteiger partial charge in [0.1, 0.15) is 11.8 Å². The Morgan fingerprint density at radius 1 is 1.15 bits per heavy atom. The van der Waals surface area contributed by atoms with Crippen molar-refractivity contribution in [2.45, 2.75) is 25.4 Å². The Morgan fingerprint density at radius 3 is 2.63 bits per heavy atom. The van der Waals surface area contributed by atoms with E-state index in [1.807, 2.05) is 36.4 Å². The van der Waals surface area contributed by atoms with Gasteiger partial charge in [-0.2, -0.15) is 0 Å². The summed E-state index contributed by atoms with van der Waals surface area (Å²) in [4.78, 5) is 20.5. The maximum Gasteiger partial charge on any atom is 0.256 e. The smallest absolute Gasteiger partial charge is 0.256 e. The van der Waals surface area contributed by atoms with Gasteiger partial charge in [0.05, 0.1) is 18.8 Å². The normalized spacial score (nSPS) is 21.6. The molecule has 1 aromatic heterocycles. The van der Waals surface area contributed by atoms with E-state index in [9.17, 15) is 4.79 Å². The van der Waals surface area contributed by atoms with Crippen LogP contribution in [0, 0.1) is 0 Å². The summed E-state index contributed by atoms with van der Waals surface area (Å²) >= 11 is 5.73. The molecule has 3 aromatic rings. The third-order valence-electron chi connectivity index (χ3n) is 5.66. The third-order valence-corrected chi connectivity index (χ3v) is 6.06. The van der Waals surface area contributed by atoms with Crippen LogP contribution in [0.4, 0.5) is 5.69 Å². The number of nitrogens with one attached hydrogen (secondary N) is 1. The molecule has 1 saturated heterocycles. The molecule has 0 spiro atoms. The summed E-state index contributed by atoms with van der Waals surface area (Å²) in [7, 11) is 1.63. The zero-order valence-electron chi connectivity index (χ0n) is 15.1. The monoisotopic (exact) mass is 377 g/mol. The van der Waals surface area contributed by atoms with Crippen LogP contribution in [-0.4, -0.2) is 34.1 Å². The van der Waals surface area contributed by atoms with Gasteiger partial charge >= 0.3 is 0 Å². The highest BCUT2D eigenvalue weighted by Gasteiger charge is 2.49. The minimum absolute atomic E-state index is 0.0193. The molecule has 2 atom stereocenters.